The summed E-state index contributed by atoms with van der Waals surface area (Å²) >= 11 is 0. The minimum absolute atomic E-state index is 0. The van der Waals surface area contributed by atoms with E-state index >= 15 is 0 Å². The van der Waals surface area contributed by atoms with Crippen LogP contribution in [0.15, 0.2) is 60.7 Å². The van der Waals surface area contributed by atoms with E-state index in [-0.39, 0.29) is 95.7 Å². The van der Waals surface area contributed by atoms with E-state index in [0.717, 1.165) is 21.1 Å². The number of aliphatic hydroxyl groups excluding tert-OH is 4. The van der Waals surface area contributed by atoms with Gasteiger partial charge in [0.25, 0.3) is 0 Å². The fourth-order valence-corrected chi connectivity index (χ4v) is 6.83. The van der Waals surface area contributed by atoms with Crippen LogP contribution < -0.4 is 77.9 Å². The van der Waals surface area contributed by atoms with Crippen molar-refractivity contribution in [3.05, 3.63) is 94.8 Å². The summed E-state index contributed by atoms with van der Waals surface area (Å²) in [7, 11) is -4.67. The van der Waals surface area contributed by atoms with Crippen molar-refractivity contribution in [3.8, 4) is 22.5 Å². The van der Waals surface area contributed by atoms with Crippen molar-refractivity contribution in [2.45, 2.75) is 89.6 Å². The fraction of sp³-hybridized carbons (Fsp3) is 0.409. The second kappa shape index (κ2) is 27.6. The molecule has 0 unspecified atom stereocenters. The molecule has 4 aromatic rings. The van der Waals surface area contributed by atoms with Crippen molar-refractivity contribution in [2.24, 2.45) is 0 Å². The number of benzene rings is 2. The first-order valence-electron chi connectivity index (χ1n) is 20.3. The van der Waals surface area contributed by atoms with Crippen LogP contribution in [0.5, 0.6) is 0 Å². The summed E-state index contributed by atoms with van der Waals surface area (Å²) in [6.07, 6.45) is 1.16. The number of carbonyl (C=O) groups is 2. The second-order valence-electron chi connectivity index (χ2n) is 15.9. The zero-order valence-corrected chi connectivity index (χ0v) is 45.2. The fourth-order valence-electron chi connectivity index (χ4n) is 6.07. The molecule has 18 nitrogen and oxygen atoms in total. The van der Waals surface area contributed by atoms with Crippen molar-refractivity contribution in [2.75, 3.05) is 35.2 Å². The first kappa shape index (κ1) is 62.2. The summed E-state index contributed by atoms with van der Waals surface area (Å²) in [6.45, 7) is 7.38. The molecule has 68 heavy (non-hydrogen) atoms. The summed E-state index contributed by atoms with van der Waals surface area (Å²) in [4.78, 5) is 38.9. The molecule has 360 valence electrons. The van der Waals surface area contributed by atoms with Gasteiger partial charge >= 0.3 is 59.1 Å². The van der Waals surface area contributed by atoms with Crippen molar-refractivity contribution in [1.29, 1.82) is 0 Å². The summed E-state index contributed by atoms with van der Waals surface area (Å²) in [5, 5.41) is 61.1. The third kappa shape index (κ3) is 19.2. The maximum Gasteiger partial charge on any atom is 1.00 e. The summed E-state index contributed by atoms with van der Waals surface area (Å²) in [5.41, 5.74) is 3.52. The van der Waals surface area contributed by atoms with Crippen LogP contribution in [0.25, 0.3) is 34.7 Å². The van der Waals surface area contributed by atoms with Gasteiger partial charge < -0.3 is 40.2 Å². The Hall–Kier alpha value is -3.78. The van der Waals surface area contributed by atoms with Gasteiger partial charge in [0.05, 0.1) is 59.7 Å². The Kier molecular flexibility index (Phi) is 25.2. The molecule has 4 rings (SSSR count). The van der Waals surface area contributed by atoms with Crippen molar-refractivity contribution in [1.82, 2.24) is 19.9 Å². The third-order valence-corrected chi connectivity index (χ3v) is 11.9. The number of carboxylic acids is 2. The molecule has 0 aliphatic heterocycles. The molecule has 0 bridgehead atoms. The average Bonchev–Trinajstić information content (AvgIpc) is 3.20. The number of aliphatic carboxylic acids is 2. The number of hydrogen-bond acceptors (Lipinski definition) is 16. The molecule has 0 saturated heterocycles. The largest absolute Gasteiger partial charge is 1.00 e. The van der Waals surface area contributed by atoms with Crippen LogP contribution in [0.4, 0.5) is 20.7 Å². The molecule has 2 aromatic carbocycles. The Balaban J connectivity index is 0.000000661. The number of sulfonamides is 2. The van der Waals surface area contributed by atoms with Gasteiger partial charge in [0.1, 0.15) is 11.6 Å². The maximum absolute atomic E-state index is 13.5. The van der Waals surface area contributed by atoms with Gasteiger partial charge in [0, 0.05) is 74.0 Å². The summed E-state index contributed by atoms with van der Waals surface area (Å²) < 4.78 is 77.1. The van der Waals surface area contributed by atoms with Gasteiger partial charge in [-0.3, -0.25) is 0 Å². The minimum atomic E-state index is -3.66. The smallest absolute Gasteiger partial charge is 0.550 e. The number of aliphatic hydroxyl groups is 4. The zero-order valence-electron chi connectivity index (χ0n) is 39.5. The Labute approximate surface area is 439 Å². The van der Waals surface area contributed by atoms with Crippen LogP contribution >= 0.6 is 0 Å². The SMILES string of the molecule is CC(C)c1nc(N(C)S(C)(=O)=O)nc(-c2ccc(F)cc2)c1/C=C/[C@@H](O)C[C@@H](O)CC(=O)[O-].CC(C)c1nc(N(C)S(C)(=O)=O)nc(-c2ccc(F)cc2)c1/C=C/[C@@H](O)C[C@@H](O)CC(=O)[O-].[Na+].[Na+]. The molecule has 24 heteroatoms. The van der Waals surface area contributed by atoms with Crippen LogP contribution in [0, 0.1) is 11.6 Å². The van der Waals surface area contributed by atoms with E-state index in [4.69, 9.17) is 0 Å². The maximum atomic E-state index is 13.5. The first-order valence-corrected chi connectivity index (χ1v) is 24.0. The Morgan fingerprint density at radius 2 is 0.897 bits per heavy atom. The number of carboxylic acid groups (broad SMARTS) is 2. The number of hydrogen-bond donors (Lipinski definition) is 4. The molecular formula is C44H54F2N6Na2O12S2. The number of carbonyl (C=O) groups excluding carboxylic acids is 2. The standard InChI is InChI=1S/2C22H28FN3O6S.2Na/c2*1-13(2)20-18(10-9-16(27)11-17(28)12-19(29)30)21(14-5-7-15(23)8-6-14)25-22(24-20)26(3)33(4,31)32;;/h2*5-10,13,16-17,27-28H,11-12H2,1-4H3,(H,29,30);;/q;;2*+1/p-2/b2*10-9+;;/t2*16-,17-;;/m11../s1. The molecule has 0 fully saturated rings. The molecular weight excluding hydrogens is 953 g/mol. The summed E-state index contributed by atoms with van der Waals surface area (Å²) in [5.74, 6) is -4.28. The van der Waals surface area contributed by atoms with Gasteiger partial charge in [0.15, 0.2) is 0 Å². The van der Waals surface area contributed by atoms with E-state index in [1.54, 1.807) is 0 Å². The molecule has 0 aliphatic rings. The molecule has 2 aromatic heterocycles. The number of rotatable bonds is 20. The monoisotopic (exact) mass is 1010 g/mol. The number of anilines is 2. The molecule has 4 N–H and O–H groups in total. The molecule has 0 spiro atoms. The van der Waals surface area contributed by atoms with E-state index in [1.807, 2.05) is 27.7 Å². The van der Waals surface area contributed by atoms with Gasteiger partial charge in [-0.05, 0) is 60.4 Å². The minimum Gasteiger partial charge on any atom is -0.550 e. The number of nitrogens with zero attached hydrogens (tertiary/aromatic N) is 6. The van der Waals surface area contributed by atoms with Gasteiger partial charge in [-0.15, -0.1) is 0 Å². The predicted octanol–water partition coefficient (Wildman–Crippen LogP) is -3.86. The van der Waals surface area contributed by atoms with Crippen molar-refractivity contribution < 1.29 is 125 Å². The van der Waals surface area contributed by atoms with Gasteiger partial charge in [0.2, 0.25) is 31.9 Å². The predicted molar refractivity (Wildman–Crippen MR) is 240 cm³/mol. The Bertz CT molecular complexity index is 2430. The Morgan fingerprint density at radius 1 is 0.603 bits per heavy atom. The topological polar surface area (TPSA) is 287 Å². The molecule has 0 amide bonds. The molecule has 0 radical (unpaired) electrons. The van der Waals surface area contributed by atoms with Crippen LogP contribution in [0.2, 0.25) is 0 Å². The van der Waals surface area contributed by atoms with Crippen LogP contribution in [-0.4, -0.2) is 120 Å². The van der Waals surface area contributed by atoms with Crippen molar-refractivity contribution in [3.63, 3.8) is 0 Å². The average molecular weight is 1010 g/mol. The molecule has 0 aliphatic carbocycles. The zero-order chi connectivity index (χ0) is 49.8. The quantitative estimate of drug-likeness (QED) is 0.0617. The van der Waals surface area contributed by atoms with Crippen LogP contribution in [0.1, 0.15) is 87.7 Å². The molecule has 2 heterocycles. The van der Waals surface area contributed by atoms with E-state index in [9.17, 15) is 65.8 Å². The third-order valence-electron chi connectivity index (χ3n) is 9.62. The number of halogens is 2. The molecule has 0 saturated carbocycles. The van der Waals surface area contributed by atoms with Crippen molar-refractivity contribution >= 4 is 56.0 Å². The van der Waals surface area contributed by atoms with E-state index in [2.05, 4.69) is 19.9 Å². The van der Waals surface area contributed by atoms with Crippen LogP contribution in [-0.2, 0) is 29.6 Å². The van der Waals surface area contributed by atoms with Gasteiger partial charge in [-0.2, -0.15) is 0 Å². The van der Waals surface area contributed by atoms with E-state index < -0.39 is 80.9 Å². The van der Waals surface area contributed by atoms with E-state index in [0.29, 0.717) is 45.0 Å². The second-order valence-corrected chi connectivity index (χ2v) is 19.9. The van der Waals surface area contributed by atoms with Crippen LogP contribution in [0.3, 0.4) is 0 Å². The van der Waals surface area contributed by atoms with Gasteiger partial charge in [-0.1, -0.05) is 52.0 Å². The number of aromatic nitrogens is 4. The van der Waals surface area contributed by atoms with Gasteiger partial charge in [-0.25, -0.2) is 54.2 Å². The summed E-state index contributed by atoms with van der Waals surface area (Å²) in [6, 6.07) is 10.9. The van der Waals surface area contributed by atoms with E-state index in [1.165, 1.54) is 86.9 Å². The normalized spacial score (nSPS) is 13.5. The Morgan fingerprint density at radius 3 is 1.15 bits per heavy atom. The molecule has 4 atom stereocenters. The first-order chi connectivity index (χ1) is 30.6.